The SMILES string of the molecule is CCCC=CC(CCCOP)COCC. The highest BCUT2D eigenvalue weighted by molar-refractivity contribution is 7.09. The lowest BCUT2D eigenvalue weighted by atomic mass is 10.0. The summed E-state index contributed by atoms with van der Waals surface area (Å²) in [7, 11) is 2.29. The van der Waals surface area contributed by atoms with Crippen LogP contribution in [0.25, 0.3) is 0 Å². The van der Waals surface area contributed by atoms with Crippen LogP contribution in [0.2, 0.25) is 0 Å². The zero-order chi connectivity index (χ0) is 11.4. The van der Waals surface area contributed by atoms with Crippen LogP contribution in [0.5, 0.6) is 0 Å². The molecule has 0 amide bonds. The average molecular weight is 232 g/mol. The van der Waals surface area contributed by atoms with Crippen LogP contribution >= 0.6 is 9.47 Å². The Kier molecular flexibility index (Phi) is 12.2. The Morgan fingerprint density at radius 3 is 2.73 bits per heavy atom. The Hall–Kier alpha value is 0.0900. The van der Waals surface area contributed by atoms with Gasteiger partial charge in [-0.3, -0.25) is 0 Å². The first-order chi connectivity index (χ1) is 7.35. The summed E-state index contributed by atoms with van der Waals surface area (Å²) in [6, 6.07) is 0. The quantitative estimate of drug-likeness (QED) is 0.325. The molecule has 0 aromatic rings. The smallest absolute Gasteiger partial charge is 0.0528 e. The van der Waals surface area contributed by atoms with Crippen LogP contribution in [0.15, 0.2) is 12.2 Å². The zero-order valence-corrected chi connectivity index (χ0v) is 11.2. The third-order valence-corrected chi connectivity index (χ3v) is 2.47. The predicted octanol–water partition coefficient (Wildman–Crippen LogP) is 3.58. The summed E-state index contributed by atoms with van der Waals surface area (Å²) >= 11 is 0. The number of rotatable bonds is 10. The van der Waals surface area contributed by atoms with Crippen molar-refractivity contribution in [1.82, 2.24) is 0 Å². The fraction of sp³-hybridized carbons (Fsp3) is 0.833. The third-order valence-electron chi connectivity index (χ3n) is 2.24. The van der Waals surface area contributed by atoms with Gasteiger partial charge >= 0.3 is 0 Å². The molecular formula is C12H25O2P. The topological polar surface area (TPSA) is 18.5 Å². The maximum Gasteiger partial charge on any atom is 0.0528 e. The summed E-state index contributed by atoms with van der Waals surface area (Å²) in [5, 5.41) is 0. The number of hydrogen-bond acceptors (Lipinski definition) is 2. The van der Waals surface area contributed by atoms with Crippen LogP contribution in [0, 0.1) is 5.92 Å². The van der Waals surface area contributed by atoms with Crippen molar-refractivity contribution in [3.8, 4) is 0 Å². The van der Waals surface area contributed by atoms with E-state index in [1.807, 2.05) is 6.92 Å². The van der Waals surface area contributed by atoms with E-state index in [0.717, 1.165) is 32.7 Å². The molecule has 2 unspecified atom stereocenters. The summed E-state index contributed by atoms with van der Waals surface area (Å²) in [5.74, 6) is 0.552. The van der Waals surface area contributed by atoms with Crippen molar-refractivity contribution in [3.63, 3.8) is 0 Å². The molecule has 0 aliphatic carbocycles. The fourth-order valence-corrected chi connectivity index (χ4v) is 1.56. The molecule has 0 N–H and O–H groups in total. The first-order valence-electron chi connectivity index (χ1n) is 5.91. The third kappa shape index (κ3) is 10.4. The first kappa shape index (κ1) is 15.1. The van der Waals surface area contributed by atoms with Crippen LogP contribution in [-0.2, 0) is 9.26 Å². The largest absolute Gasteiger partial charge is 0.381 e. The highest BCUT2D eigenvalue weighted by atomic mass is 31.0. The van der Waals surface area contributed by atoms with Crippen molar-refractivity contribution < 1.29 is 9.26 Å². The van der Waals surface area contributed by atoms with Gasteiger partial charge < -0.3 is 9.26 Å². The van der Waals surface area contributed by atoms with Gasteiger partial charge in [-0.1, -0.05) is 25.5 Å². The Bertz CT molecular complexity index is 149. The summed E-state index contributed by atoms with van der Waals surface area (Å²) in [6.45, 7) is 6.70. The molecule has 0 radical (unpaired) electrons. The van der Waals surface area contributed by atoms with Gasteiger partial charge in [0.2, 0.25) is 0 Å². The van der Waals surface area contributed by atoms with Crippen molar-refractivity contribution in [2.75, 3.05) is 19.8 Å². The molecule has 0 rings (SSSR count). The molecule has 0 aliphatic heterocycles. The lowest BCUT2D eigenvalue weighted by Gasteiger charge is -2.12. The summed E-state index contributed by atoms with van der Waals surface area (Å²) in [5.41, 5.74) is 0. The monoisotopic (exact) mass is 232 g/mol. The predicted molar refractivity (Wildman–Crippen MR) is 68.9 cm³/mol. The fourth-order valence-electron chi connectivity index (χ4n) is 1.39. The molecule has 0 spiro atoms. The van der Waals surface area contributed by atoms with E-state index >= 15 is 0 Å². The molecule has 0 bridgehead atoms. The molecule has 0 heterocycles. The molecule has 0 aromatic carbocycles. The van der Waals surface area contributed by atoms with Gasteiger partial charge in [0.15, 0.2) is 0 Å². The molecule has 0 saturated heterocycles. The van der Waals surface area contributed by atoms with Gasteiger partial charge in [-0.05, 0) is 26.2 Å². The lowest BCUT2D eigenvalue weighted by Crippen LogP contribution is -2.08. The summed E-state index contributed by atoms with van der Waals surface area (Å²) < 4.78 is 10.4. The normalized spacial score (nSPS) is 13.5. The van der Waals surface area contributed by atoms with Crippen molar-refractivity contribution in [1.29, 1.82) is 0 Å². The highest BCUT2D eigenvalue weighted by Gasteiger charge is 2.04. The van der Waals surface area contributed by atoms with Crippen LogP contribution in [0.1, 0.15) is 39.5 Å². The van der Waals surface area contributed by atoms with Crippen molar-refractivity contribution in [3.05, 3.63) is 12.2 Å². The number of ether oxygens (including phenoxy) is 1. The molecule has 3 heteroatoms. The van der Waals surface area contributed by atoms with Gasteiger partial charge in [0.25, 0.3) is 0 Å². The molecular weight excluding hydrogens is 207 g/mol. The van der Waals surface area contributed by atoms with Crippen LogP contribution < -0.4 is 0 Å². The van der Waals surface area contributed by atoms with E-state index < -0.39 is 0 Å². The van der Waals surface area contributed by atoms with E-state index in [-0.39, 0.29) is 0 Å². The highest BCUT2D eigenvalue weighted by Crippen LogP contribution is 2.11. The zero-order valence-electron chi connectivity index (χ0n) is 10.1. The Morgan fingerprint density at radius 1 is 1.33 bits per heavy atom. The minimum atomic E-state index is 0.552. The summed E-state index contributed by atoms with van der Waals surface area (Å²) in [6.07, 6.45) is 9.19. The van der Waals surface area contributed by atoms with E-state index in [0.29, 0.717) is 5.92 Å². The average Bonchev–Trinajstić information content (AvgIpc) is 2.25. The van der Waals surface area contributed by atoms with E-state index in [1.165, 1.54) is 12.8 Å². The second-order valence-electron chi connectivity index (χ2n) is 3.65. The minimum Gasteiger partial charge on any atom is -0.381 e. The van der Waals surface area contributed by atoms with Gasteiger partial charge in [-0.25, -0.2) is 0 Å². The van der Waals surface area contributed by atoms with Gasteiger partial charge in [0, 0.05) is 22.0 Å². The van der Waals surface area contributed by atoms with Crippen LogP contribution in [0.3, 0.4) is 0 Å². The van der Waals surface area contributed by atoms with Gasteiger partial charge in [0.05, 0.1) is 13.2 Å². The standard InChI is InChI=1S/C12H25O2P/c1-3-5-6-8-12(11-13-4-2)9-7-10-14-15/h6,8,12H,3-5,7,9-11,15H2,1-2H3. The molecule has 90 valence electrons. The summed E-state index contributed by atoms with van der Waals surface area (Å²) in [4.78, 5) is 0. The molecule has 0 fully saturated rings. The number of hydrogen-bond donors (Lipinski definition) is 0. The molecule has 2 nitrogen and oxygen atoms in total. The van der Waals surface area contributed by atoms with Gasteiger partial charge in [0.1, 0.15) is 0 Å². The van der Waals surface area contributed by atoms with E-state index in [1.54, 1.807) is 0 Å². The van der Waals surface area contributed by atoms with E-state index in [2.05, 4.69) is 28.5 Å². The number of unbranched alkanes of at least 4 members (excludes halogenated alkanes) is 1. The minimum absolute atomic E-state index is 0.552. The molecule has 2 atom stereocenters. The molecule has 0 aliphatic rings. The van der Waals surface area contributed by atoms with Crippen molar-refractivity contribution >= 4 is 9.47 Å². The maximum atomic E-state index is 5.46. The van der Waals surface area contributed by atoms with Crippen molar-refractivity contribution in [2.45, 2.75) is 39.5 Å². The van der Waals surface area contributed by atoms with E-state index in [9.17, 15) is 0 Å². The second-order valence-corrected chi connectivity index (χ2v) is 3.98. The maximum absolute atomic E-state index is 5.46. The van der Waals surface area contributed by atoms with Crippen molar-refractivity contribution in [2.24, 2.45) is 5.92 Å². The molecule has 0 aromatic heterocycles. The van der Waals surface area contributed by atoms with E-state index in [4.69, 9.17) is 9.26 Å². The molecule has 15 heavy (non-hydrogen) atoms. The van der Waals surface area contributed by atoms with Gasteiger partial charge in [-0.15, -0.1) is 0 Å². The molecule has 0 saturated carbocycles. The van der Waals surface area contributed by atoms with Crippen LogP contribution in [0.4, 0.5) is 0 Å². The van der Waals surface area contributed by atoms with Gasteiger partial charge in [-0.2, -0.15) is 0 Å². The first-order valence-corrected chi connectivity index (χ1v) is 6.38. The Balaban J connectivity index is 3.72. The Morgan fingerprint density at radius 2 is 2.13 bits per heavy atom. The number of allylic oxidation sites excluding steroid dienone is 1. The lowest BCUT2D eigenvalue weighted by molar-refractivity contribution is 0.119. The Labute approximate surface area is 96.7 Å². The van der Waals surface area contributed by atoms with Crippen LogP contribution in [-0.4, -0.2) is 19.8 Å². The second kappa shape index (κ2) is 12.2.